The molecule has 8 heteroatoms. The van der Waals surface area contributed by atoms with Crippen LogP contribution in [0, 0.1) is 5.82 Å². The standard InChI is InChI=1S/C22H25FN4O3/c23-17-5-3-15(4-6-17)12-27-14-16(13-26-8-1-2-18(28)7-9-26)19-10-20(22(29)25-30)24-11-21(19)27/h3-6,10-11,14,18,28,30H,1-2,7-9,12-13H2,(H,25,29). The van der Waals surface area contributed by atoms with Crippen LogP contribution in [-0.2, 0) is 13.1 Å². The molecule has 0 aliphatic carbocycles. The number of hydrogen-bond acceptors (Lipinski definition) is 5. The lowest BCUT2D eigenvalue weighted by Crippen LogP contribution is -2.24. The maximum absolute atomic E-state index is 13.3. The molecule has 1 amide bonds. The number of carbonyl (C=O) groups excluding carboxylic acids is 1. The Morgan fingerprint density at radius 2 is 2.00 bits per heavy atom. The molecule has 0 saturated carbocycles. The Morgan fingerprint density at radius 1 is 1.20 bits per heavy atom. The summed E-state index contributed by atoms with van der Waals surface area (Å²) in [4.78, 5) is 18.4. The average molecular weight is 412 g/mol. The van der Waals surface area contributed by atoms with Crippen molar-refractivity contribution in [3.8, 4) is 0 Å². The first-order chi connectivity index (χ1) is 14.5. The van der Waals surface area contributed by atoms with Crippen molar-refractivity contribution in [2.75, 3.05) is 13.1 Å². The van der Waals surface area contributed by atoms with Crippen LogP contribution in [0.1, 0.15) is 40.9 Å². The largest absolute Gasteiger partial charge is 0.393 e. The number of amides is 1. The number of pyridine rings is 1. The summed E-state index contributed by atoms with van der Waals surface area (Å²) >= 11 is 0. The van der Waals surface area contributed by atoms with Gasteiger partial charge in [0, 0.05) is 31.2 Å². The minimum absolute atomic E-state index is 0.136. The number of aliphatic hydroxyl groups excluding tert-OH is 1. The Morgan fingerprint density at radius 3 is 2.77 bits per heavy atom. The minimum atomic E-state index is -0.660. The third-order valence-electron chi connectivity index (χ3n) is 5.63. The average Bonchev–Trinajstić information content (AvgIpc) is 2.94. The van der Waals surface area contributed by atoms with Gasteiger partial charge in [0.05, 0.1) is 17.8 Å². The molecule has 3 N–H and O–H groups in total. The number of halogens is 1. The van der Waals surface area contributed by atoms with Crippen LogP contribution in [0.5, 0.6) is 0 Å². The number of rotatable bonds is 5. The van der Waals surface area contributed by atoms with E-state index in [1.165, 1.54) is 12.1 Å². The Labute approximate surface area is 173 Å². The smallest absolute Gasteiger partial charge is 0.293 e. The topological polar surface area (TPSA) is 90.6 Å². The van der Waals surface area contributed by atoms with Gasteiger partial charge in [-0.25, -0.2) is 14.9 Å². The highest BCUT2D eigenvalue weighted by atomic mass is 19.1. The lowest BCUT2D eigenvalue weighted by Gasteiger charge is -2.19. The third-order valence-corrected chi connectivity index (χ3v) is 5.63. The lowest BCUT2D eigenvalue weighted by molar-refractivity contribution is 0.0701. The first-order valence-electron chi connectivity index (χ1n) is 10.1. The molecule has 2 aromatic heterocycles. The van der Waals surface area contributed by atoms with E-state index in [-0.39, 0.29) is 17.6 Å². The molecule has 0 radical (unpaired) electrons. The first-order valence-corrected chi connectivity index (χ1v) is 10.1. The van der Waals surface area contributed by atoms with Crippen molar-refractivity contribution < 1.29 is 19.5 Å². The van der Waals surface area contributed by atoms with E-state index in [0.29, 0.717) is 13.1 Å². The quantitative estimate of drug-likeness (QED) is 0.443. The second kappa shape index (κ2) is 8.91. The van der Waals surface area contributed by atoms with Crippen molar-refractivity contribution in [2.24, 2.45) is 0 Å². The van der Waals surface area contributed by atoms with Gasteiger partial charge in [0.2, 0.25) is 0 Å². The molecule has 7 nitrogen and oxygen atoms in total. The highest BCUT2D eigenvalue weighted by molar-refractivity contribution is 5.96. The Hall–Kier alpha value is -2.81. The van der Waals surface area contributed by atoms with E-state index in [1.807, 2.05) is 10.8 Å². The molecule has 0 bridgehead atoms. The first kappa shape index (κ1) is 20.5. The van der Waals surface area contributed by atoms with Gasteiger partial charge in [0.1, 0.15) is 11.5 Å². The van der Waals surface area contributed by atoms with Gasteiger partial charge in [0.25, 0.3) is 5.91 Å². The predicted octanol–water partition coefficient (Wildman–Crippen LogP) is 2.69. The van der Waals surface area contributed by atoms with Crippen molar-refractivity contribution in [1.29, 1.82) is 0 Å². The SMILES string of the molecule is O=C(NO)c1cc2c(CN3CCCC(O)CC3)cn(Cc3ccc(F)cc3)c2cn1. The summed E-state index contributed by atoms with van der Waals surface area (Å²) < 4.78 is 15.3. The van der Waals surface area contributed by atoms with Crippen LogP contribution >= 0.6 is 0 Å². The zero-order valence-corrected chi connectivity index (χ0v) is 16.6. The number of likely N-dealkylation sites (tertiary alicyclic amines) is 1. The van der Waals surface area contributed by atoms with Crippen LogP contribution in [-0.4, -0.2) is 49.9 Å². The van der Waals surface area contributed by atoms with Crippen LogP contribution in [0.2, 0.25) is 0 Å². The molecule has 1 aromatic carbocycles. The molecule has 158 valence electrons. The molecule has 4 rings (SSSR count). The fourth-order valence-electron chi connectivity index (χ4n) is 4.02. The molecular formula is C22H25FN4O3. The van der Waals surface area contributed by atoms with Crippen LogP contribution in [0.4, 0.5) is 4.39 Å². The fraction of sp³-hybridized carbons (Fsp3) is 0.364. The van der Waals surface area contributed by atoms with Crippen molar-refractivity contribution in [1.82, 2.24) is 19.9 Å². The zero-order chi connectivity index (χ0) is 21.1. The number of benzene rings is 1. The number of nitrogens with one attached hydrogen (secondary N) is 1. The van der Waals surface area contributed by atoms with Gasteiger partial charge >= 0.3 is 0 Å². The number of aliphatic hydroxyl groups is 1. The number of nitrogens with zero attached hydrogens (tertiary/aromatic N) is 3. The van der Waals surface area contributed by atoms with Crippen molar-refractivity contribution in [2.45, 2.75) is 38.5 Å². The molecule has 1 atom stereocenters. The fourth-order valence-corrected chi connectivity index (χ4v) is 4.02. The third kappa shape index (κ3) is 4.51. The molecule has 1 aliphatic rings. The molecule has 1 fully saturated rings. The molecule has 3 heterocycles. The van der Waals surface area contributed by atoms with E-state index in [0.717, 1.165) is 54.4 Å². The van der Waals surface area contributed by atoms with Gasteiger partial charge < -0.3 is 9.67 Å². The zero-order valence-electron chi connectivity index (χ0n) is 16.6. The maximum Gasteiger partial charge on any atom is 0.293 e. The second-order valence-electron chi connectivity index (χ2n) is 7.80. The summed E-state index contributed by atoms with van der Waals surface area (Å²) in [5.74, 6) is -0.937. The molecule has 1 saturated heterocycles. The lowest BCUT2D eigenvalue weighted by atomic mass is 10.1. The Bertz CT molecular complexity index is 1030. The summed E-state index contributed by atoms with van der Waals surface area (Å²) in [6.07, 6.45) is 5.91. The van der Waals surface area contributed by atoms with Gasteiger partial charge in [-0.1, -0.05) is 12.1 Å². The van der Waals surface area contributed by atoms with E-state index in [2.05, 4.69) is 9.88 Å². The normalized spacial score (nSPS) is 17.8. The molecule has 1 unspecified atom stereocenters. The van der Waals surface area contributed by atoms with E-state index in [1.54, 1.807) is 29.9 Å². The van der Waals surface area contributed by atoms with Gasteiger partial charge in [-0.3, -0.25) is 14.9 Å². The van der Waals surface area contributed by atoms with Crippen LogP contribution in [0.25, 0.3) is 10.9 Å². The van der Waals surface area contributed by atoms with Gasteiger partial charge in [0.15, 0.2) is 0 Å². The number of hydroxylamine groups is 1. The molecule has 3 aromatic rings. The summed E-state index contributed by atoms with van der Waals surface area (Å²) in [5.41, 5.74) is 4.62. The van der Waals surface area contributed by atoms with E-state index < -0.39 is 5.91 Å². The van der Waals surface area contributed by atoms with E-state index >= 15 is 0 Å². The number of aromatic nitrogens is 2. The van der Waals surface area contributed by atoms with E-state index in [9.17, 15) is 14.3 Å². The highest BCUT2D eigenvalue weighted by Gasteiger charge is 2.19. The van der Waals surface area contributed by atoms with Gasteiger partial charge in [-0.05, 0) is 55.1 Å². The van der Waals surface area contributed by atoms with Crippen LogP contribution < -0.4 is 5.48 Å². The summed E-state index contributed by atoms with van der Waals surface area (Å²) in [7, 11) is 0. The molecule has 0 spiro atoms. The van der Waals surface area contributed by atoms with Crippen molar-refractivity contribution in [3.63, 3.8) is 0 Å². The predicted molar refractivity (Wildman–Crippen MR) is 110 cm³/mol. The summed E-state index contributed by atoms with van der Waals surface area (Å²) in [6, 6.07) is 8.05. The van der Waals surface area contributed by atoms with Crippen molar-refractivity contribution in [3.05, 3.63) is 65.4 Å². The maximum atomic E-state index is 13.3. The highest BCUT2D eigenvalue weighted by Crippen LogP contribution is 2.25. The molecule has 1 aliphatic heterocycles. The van der Waals surface area contributed by atoms with Gasteiger partial charge in [-0.2, -0.15) is 0 Å². The van der Waals surface area contributed by atoms with Crippen LogP contribution in [0.3, 0.4) is 0 Å². The monoisotopic (exact) mass is 412 g/mol. The summed E-state index contributed by atoms with van der Waals surface area (Å²) in [5, 5.41) is 19.8. The minimum Gasteiger partial charge on any atom is -0.393 e. The molecular weight excluding hydrogens is 387 g/mol. The Balaban J connectivity index is 1.69. The second-order valence-corrected chi connectivity index (χ2v) is 7.80. The van der Waals surface area contributed by atoms with Crippen molar-refractivity contribution >= 4 is 16.8 Å². The number of hydrogen-bond donors (Lipinski definition) is 3. The van der Waals surface area contributed by atoms with Gasteiger partial charge in [-0.15, -0.1) is 0 Å². The molecule has 30 heavy (non-hydrogen) atoms. The number of fused-ring (bicyclic) bond motifs is 1. The number of carbonyl (C=O) groups is 1. The summed E-state index contributed by atoms with van der Waals surface area (Å²) in [6.45, 7) is 2.93. The van der Waals surface area contributed by atoms with E-state index in [4.69, 9.17) is 5.21 Å². The van der Waals surface area contributed by atoms with Crippen LogP contribution in [0.15, 0.2) is 42.7 Å². The Kier molecular flexibility index (Phi) is 6.08.